The van der Waals surface area contributed by atoms with E-state index in [1.807, 2.05) is 0 Å². The molecule has 0 saturated carbocycles. The first kappa shape index (κ1) is 17.6. The van der Waals surface area contributed by atoms with E-state index in [0.29, 0.717) is 5.56 Å². The number of alkyl halides is 2. The molecule has 0 radical (unpaired) electrons. The van der Waals surface area contributed by atoms with E-state index >= 15 is 0 Å². The minimum atomic E-state index is -4.27. The van der Waals surface area contributed by atoms with Gasteiger partial charge in [0.2, 0.25) is 10.0 Å². The Balaban J connectivity index is 3.24. The Morgan fingerprint density at radius 2 is 1.90 bits per heavy atom. The molecule has 0 unspecified atom stereocenters. The van der Waals surface area contributed by atoms with Crippen molar-refractivity contribution >= 4 is 33.2 Å². The van der Waals surface area contributed by atoms with Gasteiger partial charge in [-0.3, -0.25) is 0 Å². The van der Waals surface area contributed by atoms with Crippen LogP contribution in [0.15, 0.2) is 11.0 Å². The molecule has 114 valence electrons. The molecule has 0 atom stereocenters. The van der Waals surface area contributed by atoms with Crippen molar-refractivity contribution in [1.82, 2.24) is 4.72 Å². The van der Waals surface area contributed by atoms with Gasteiger partial charge >= 0.3 is 0 Å². The normalized spacial score (nSPS) is 12.8. The van der Waals surface area contributed by atoms with E-state index in [1.54, 1.807) is 11.6 Å². The Morgan fingerprint density at radius 3 is 2.40 bits per heavy atom. The Labute approximate surface area is 125 Å². The molecule has 0 heterocycles. The Kier molecular flexibility index (Phi) is 5.37. The Morgan fingerprint density at radius 1 is 1.35 bits per heavy atom. The molecule has 2 N–H and O–H groups in total. The monoisotopic (exact) mass is 347 g/mol. The Bertz CT molecular complexity index is 594. The fraction of sp³-hybridized carbons (Fsp3) is 0.455. The predicted octanol–water partition coefficient (Wildman–Crippen LogP) is 2.52. The van der Waals surface area contributed by atoms with Crippen LogP contribution in [0.4, 0.5) is 8.78 Å². The lowest BCUT2D eigenvalue weighted by atomic mass is 10.2. The quantitative estimate of drug-likeness (QED) is 0.859. The van der Waals surface area contributed by atoms with Gasteiger partial charge in [0, 0.05) is 5.02 Å². The van der Waals surface area contributed by atoms with Gasteiger partial charge < -0.3 is 5.11 Å². The van der Waals surface area contributed by atoms with Crippen LogP contribution in [0.2, 0.25) is 10.0 Å². The lowest BCUT2D eigenvalue weighted by Gasteiger charge is -2.17. The van der Waals surface area contributed by atoms with Crippen LogP contribution < -0.4 is 4.72 Å². The molecule has 1 aromatic rings. The van der Waals surface area contributed by atoms with Crippen molar-refractivity contribution in [3.63, 3.8) is 0 Å². The van der Waals surface area contributed by atoms with Gasteiger partial charge in [-0.25, -0.2) is 21.9 Å². The molecule has 0 bridgehead atoms. The molecule has 9 heteroatoms. The third-order valence-electron chi connectivity index (χ3n) is 2.61. The molecule has 0 saturated heterocycles. The van der Waals surface area contributed by atoms with Crippen LogP contribution in [0.1, 0.15) is 11.1 Å². The first-order chi connectivity index (χ1) is 9.02. The summed E-state index contributed by atoms with van der Waals surface area (Å²) in [6, 6.07) is 1.49. The maximum absolute atomic E-state index is 12.9. The van der Waals surface area contributed by atoms with Gasteiger partial charge in [0.25, 0.3) is 5.92 Å². The molecule has 1 rings (SSSR count). The largest absolute Gasteiger partial charge is 0.390 e. The van der Waals surface area contributed by atoms with Crippen LogP contribution in [0.5, 0.6) is 0 Å². The highest BCUT2D eigenvalue weighted by molar-refractivity contribution is 7.89. The van der Waals surface area contributed by atoms with E-state index < -0.39 is 29.1 Å². The number of aryl methyl sites for hydroxylation is 1. The highest BCUT2D eigenvalue weighted by Crippen LogP contribution is 2.33. The molecular formula is C11H13Cl2F2NO3S. The second-order valence-electron chi connectivity index (χ2n) is 4.28. The number of hydrogen-bond acceptors (Lipinski definition) is 3. The summed E-state index contributed by atoms with van der Waals surface area (Å²) in [5.74, 6) is -3.55. The topological polar surface area (TPSA) is 66.4 Å². The van der Waals surface area contributed by atoms with Crippen molar-refractivity contribution in [3.05, 3.63) is 27.2 Å². The van der Waals surface area contributed by atoms with Crippen molar-refractivity contribution in [2.45, 2.75) is 24.7 Å². The van der Waals surface area contributed by atoms with Gasteiger partial charge in [0.15, 0.2) is 0 Å². The third-order valence-corrected chi connectivity index (χ3v) is 5.17. The number of aliphatic hydroxyl groups excluding tert-OH is 1. The SMILES string of the molecule is Cc1cc(Cl)c(C)c(S(=O)(=O)NCC(F)(F)CO)c1Cl. The van der Waals surface area contributed by atoms with Crippen molar-refractivity contribution < 1.29 is 22.3 Å². The van der Waals surface area contributed by atoms with Gasteiger partial charge in [-0.2, -0.15) is 0 Å². The van der Waals surface area contributed by atoms with Crippen molar-refractivity contribution in [2.24, 2.45) is 0 Å². The number of rotatable bonds is 5. The minimum absolute atomic E-state index is 0.0771. The Hall–Kier alpha value is -0.470. The molecule has 0 amide bonds. The van der Waals surface area contributed by atoms with Gasteiger partial charge in [-0.15, -0.1) is 0 Å². The second-order valence-corrected chi connectivity index (χ2v) is 6.77. The van der Waals surface area contributed by atoms with Crippen LogP contribution >= 0.6 is 23.2 Å². The first-order valence-corrected chi connectivity index (χ1v) is 7.69. The molecule has 20 heavy (non-hydrogen) atoms. The molecule has 0 aliphatic carbocycles. The zero-order valence-corrected chi connectivity index (χ0v) is 13.0. The lowest BCUT2D eigenvalue weighted by Crippen LogP contribution is -2.39. The first-order valence-electron chi connectivity index (χ1n) is 5.45. The standard InChI is InChI=1S/C11H13Cl2F2NO3S/c1-6-3-8(12)7(2)10(9(6)13)20(18,19)16-4-11(14,15)5-17/h3,16-17H,4-5H2,1-2H3. The highest BCUT2D eigenvalue weighted by Gasteiger charge is 2.32. The zero-order valence-electron chi connectivity index (χ0n) is 10.7. The summed E-state index contributed by atoms with van der Waals surface area (Å²) in [6.07, 6.45) is 0. The molecule has 0 spiro atoms. The van der Waals surface area contributed by atoms with E-state index in [4.69, 9.17) is 28.3 Å². The summed E-state index contributed by atoms with van der Waals surface area (Å²) in [6.45, 7) is 0.283. The fourth-order valence-electron chi connectivity index (χ4n) is 1.46. The maximum atomic E-state index is 12.9. The van der Waals surface area contributed by atoms with E-state index in [9.17, 15) is 17.2 Å². The van der Waals surface area contributed by atoms with Crippen LogP contribution in [-0.2, 0) is 10.0 Å². The van der Waals surface area contributed by atoms with E-state index in [0.717, 1.165) is 0 Å². The zero-order chi connectivity index (χ0) is 15.7. The summed E-state index contributed by atoms with van der Waals surface area (Å²) in [7, 11) is -4.27. The van der Waals surface area contributed by atoms with E-state index in [2.05, 4.69) is 0 Å². The highest BCUT2D eigenvalue weighted by atomic mass is 35.5. The van der Waals surface area contributed by atoms with Gasteiger partial charge in [0.05, 0.1) is 11.6 Å². The van der Waals surface area contributed by atoms with E-state index in [-0.39, 0.29) is 20.5 Å². The van der Waals surface area contributed by atoms with E-state index in [1.165, 1.54) is 13.0 Å². The number of sulfonamides is 1. The maximum Gasteiger partial charge on any atom is 0.283 e. The summed E-state index contributed by atoms with van der Waals surface area (Å²) in [5.41, 5.74) is 0.582. The molecule has 0 aliphatic heterocycles. The number of benzene rings is 1. The van der Waals surface area contributed by atoms with Gasteiger partial charge in [-0.1, -0.05) is 23.2 Å². The fourth-order valence-corrected chi connectivity index (χ4v) is 3.73. The number of aliphatic hydroxyl groups is 1. The second kappa shape index (κ2) is 6.11. The van der Waals surface area contributed by atoms with Gasteiger partial charge in [0.1, 0.15) is 11.5 Å². The van der Waals surface area contributed by atoms with Crippen LogP contribution in [0, 0.1) is 13.8 Å². The summed E-state index contributed by atoms with van der Waals surface area (Å²) >= 11 is 11.8. The average Bonchev–Trinajstić information content (AvgIpc) is 2.34. The molecule has 0 aromatic heterocycles. The van der Waals surface area contributed by atoms with Crippen LogP contribution in [-0.4, -0.2) is 32.6 Å². The molecule has 0 fully saturated rings. The molecule has 1 aromatic carbocycles. The lowest BCUT2D eigenvalue weighted by molar-refractivity contribution is -0.0437. The van der Waals surface area contributed by atoms with Crippen molar-refractivity contribution in [1.29, 1.82) is 0 Å². The summed E-state index contributed by atoms with van der Waals surface area (Å²) in [4.78, 5) is -0.335. The van der Waals surface area contributed by atoms with Crippen LogP contribution in [0.25, 0.3) is 0 Å². The van der Waals surface area contributed by atoms with Crippen LogP contribution in [0.3, 0.4) is 0 Å². The van der Waals surface area contributed by atoms with Crippen molar-refractivity contribution in [3.8, 4) is 0 Å². The number of halogens is 4. The molecule has 0 aliphatic rings. The number of nitrogens with one attached hydrogen (secondary N) is 1. The third kappa shape index (κ3) is 3.79. The summed E-state index contributed by atoms with van der Waals surface area (Å²) in [5, 5.41) is 8.52. The van der Waals surface area contributed by atoms with Crippen molar-refractivity contribution in [2.75, 3.05) is 13.2 Å². The summed E-state index contributed by atoms with van der Waals surface area (Å²) < 4.78 is 51.7. The predicted molar refractivity (Wildman–Crippen MR) is 73.2 cm³/mol. The van der Waals surface area contributed by atoms with Gasteiger partial charge in [-0.05, 0) is 31.0 Å². The molecular weight excluding hydrogens is 335 g/mol. The average molecular weight is 348 g/mol. The number of hydrogen-bond donors (Lipinski definition) is 2. The minimum Gasteiger partial charge on any atom is -0.390 e. The molecule has 4 nitrogen and oxygen atoms in total. The smallest absolute Gasteiger partial charge is 0.283 e.